The van der Waals surface area contributed by atoms with Gasteiger partial charge in [0.15, 0.2) is 0 Å². The fourth-order valence-electron chi connectivity index (χ4n) is 5.81. The number of phenolic OH excluding ortho intramolecular Hbond substituents is 2. The number of thioether (sulfide) groups is 1. The average molecular weight is 540 g/mol. The molecular formula is C29H37N3O5S. The fourth-order valence-corrected chi connectivity index (χ4v) is 7.36. The van der Waals surface area contributed by atoms with Crippen LogP contribution in [0.5, 0.6) is 23.0 Å². The van der Waals surface area contributed by atoms with E-state index in [0.717, 1.165) is 68.2 Å². The van der Waals surface area contributed by atoms with Gasteiger partial charge in [-0.2, -0.15) is 11.8 Å². The molecule has 2 aromatic carbocycles. The quantitative estimate of drug-likeness (QED) is 0.188. The number of rotatable bonds is 12. The number of carbonyl (C=O) groups excluding carboxylic acids is 2. The third kappa shape index (κ3) is 6.31. The van der Waals surface area contributed by atoms with Gasteiger partial charge in [0.1, 0.15) is 23.0 Å². The van der Waals surface area contributed by atoms with Gasteiger partial charge in [0.25, 0.3) is 0 Å². The van der Waals surface area contributed by atoms with E-state index in [0.29, 0.717) is 29.7 Å². The van der Waals surface area contributed by atoms with Crippen LogP contribution >= 0.6 is 11.8 Å². The molecule has 3 amide bonds. The third-order valence-corrected chi connectivity index (χ3v) is 9.30. The topological polar surface area (TPSA) is 120 Å². The Morgan fingerprint density at radius 1 is 0.921 bits per heavy atom. The molecule has 5 rings (SSSR count). The van der Waals surface area contributed by atoms with Crippen LogP contribution < -0.4 is 20.7 Å². The minimum absolute atomic E-state index is 0.0498. The number of carbonyl (C=O) groups is 2. The number of aromatic hydroxyl groups is 2. The highest BCUT2D eigenvalue weighted by Gasteiger charge is 2.42. The van der Waals surface area contributed by atoms with Crippen LogP contribution in [0.2, 0.25) is 0 Å². The number of urea groups is 1. The average Bonchev–Trinajstić information content (AvgIpc) is 3.44. The highest BCUT2D eigenvalue weighted by molar-refractivity contribution is 8.00. The Labute approximate surface area is 227 Å². The van der Waals surface area contributed by atoms with Crippen LogP contribution in [0.4, 0.5) is 4.79 Å². The minimum atomic E-state index is -0.0498. The first kappa shape index (κ1) is 26.5. The second-order valence-corrected chi connectivity index (χ2v) is 11.8. The summed E-state index contributed by atoms with van der Waals surface area (Å²) in [5.74, 6) is 2.86. The maximum atomic E-state index is 12.2. The molecule has 3 atom stereocenters. The summed E-state index contributed by atoms with van der Waals surface area (Å²) in [7, 11) is 0. The fraction of sp³-hybridized carbons (Fsp3) is 0.517. The van der Waals surface area contributed by atoms with Gasteiger partial charge in [0, 0.05) is 53.1 Å². The van der Waals surface area contributed by atoms with Crippen LogP contribution in [0.15, 0.2) is 36.4 Å². The van der Waals surface area contributed by atoms with Crippen LogP contribution in [0.3, 0.4) is 0 Å². The SMILES string of the molecule is O=C(CCCC[C@@H]1SC[C@@H]2NC(=O)N[C@@H]21)NCCCCCCC1c2ccc(O)cc2Oc2cc(O)ccc21. The number of unbranched alkanes of at least 4 members (excludes halogenated alkanes) is 4. The van der Waals surface area contributed by atoms with Crippen LogP contribution in [0.1, 0.15) is 74.8 Å². The molecule has 2 saturated heterocycles. The van der Waals surface area contributed by atoms with Crippen molar-refractivity contribution in [1.29, 1.82) is 0 Å². The first-order valence-electron chi connectivity index (χ1n) is 13.8. The lowest BCUT2D eigenvalue weighted by Crippen LogP contribution is -2.36. The van der Waals surface area contributed by atoms with Gasteiger partial charge >= 0.3 is 6.03 Å². The smallest absolute Gasteiger partial charge is 0.315 e. The minimum Gasteiger partial charge on any atom is -0.508 e. The van der Waals surface area contributed by atoms with Gasteiger partial charge in [-0.1, -0.05) is 37.8 Å². The van der Waals surface area contributed by atoms with Gasteiger partial charge in [-0.3, -0.25) is 4.79 Å². The second-order valence-electron chi connectivity index (χ2n) is 10.5. The van der Waals surface area contributed by atoms with E-state index >= 15 is 0 Å². The second kappa shape index (κ2) is 12.2. The van der Waals surface area contributed by atoms with E-state index in [9.17, 15) is 19.8 Å². The normalized spacial score (nSPS) is 21.6. The Balaban J connectivity index is 0.961. The standard InChI is InChI=1S/C29H37N3O5S/c33-18-10-12-21-20(22-13-11-19(34)16-25(22)37-24(21)15-18)7-3-1-2-6-14-30-27(35)9-5-4-8-26-28-23(17-38-26)31-29(36)32-28/h10-13,15-16,20,23,26,28,33-34H,1-9,14,17H2,(H,30,35)(H2,31,32,36)/t23-,26-,28-/m0/s1. The summed E-state index contributed by atoms with van der Waals surface area (Å²) in [6.07, 6.45) is 8.55. The maximum Gasteiger partial charge on any atom is 0.315 e. The van der Waals surface area contributed by atoms with Crippen LogP contribution in [-0.2, 0) is 4.79 Å². The molecular weight excluding hydrogens is 502 g/mol. The lowest BCUT2D eigenvalue weighted by molar-refractivity contribution is -0.121. The summed E-state index contributed by atoms with van der Waals surface area (Å²) in [6.45, 7) is 0.709. The van der Waals surface area contributed by atoms with E-state index in [1.54, 1.807) is 24.3 Å². The van der Waals surface area contributed by atoms with E-state index < -0.39 is 0 Å². The van der Waals surface area contributed by atoms with Gasteiger partial charge in [-0.15, -0.1) is 0 Å². The molecule has 0 spiro atoms. The van der Waals surface area contributed by atoms with Crippen LogP contribution in [-0.4, -0.2) is 51.8 Å². The zero-order valence-corrected chi connectivity index (χ0v) is 22.4. The molecule has 0 unspecified atom stereocenters. The molecule has 3 aliphatic rings. The van der Waals surface area contributed by atoms with E-state index in [2.05, 4.69) is 16.0 Å². The van der Waals surface area contributed by atoms with Crippen molar-refractivity contribution in [2.75, 3.05) is 12.3 Å². The largest absolute Gasteiger partial charge is 0.508 e. The van der Waals surface area contributed by atoms with Crippen molar-refractivity contribution in [3.8, 4) is 23.0 Å². The summed E-state index contributed by atoms with van der Waals surface area (Å²) in [5, 5.41) is 29.3. The molecule has 5 N–H and O–H groups in total. The molecule has 3 aliphatic heterocycles. The summed E-state index contributed by atoms with van der Waals surface area (Å²) in [4.78, 5) is 23.7. The summed E-state index contributed by atoms with van der Waals surface area (Å²) in [6, 6.07) is 10.9. The van der Waals surface area contributed by atoms with Crippen molar-refractivity contribution < 1.29 is 24.5 Å². The van der Waals surface area contributed by atoms with Crippen molar-refractivity contribution in [2.45, 2.75) is 81.0 Å². The molecule has 8 nitrogen and oxygen atoms in total. The van der Waals surface area contributed by atoms with E-state index in [4.69, 9.17) is 4.74 Å². The first-order chi connectivity index (χ1) is 18.5. The number of nitrogens with one attached hydrogen (secondary N) is 3. The Kier molecular flexibility index (Phi) is 8.51. The number of ether oxygens (including phenoxy) is 1. The Morgan fingerprint density at radius 2 is 1.61 bits per heavy atom. The van der Waals surface area contributed by atoms with Crippen LogP contribution in [0, 0.1) is 0 Å². The molecule has 0 radical (unpaired) electrons. The number of phenols is 2. The third-order valence-electron chi connectivity index (χ3n) is 7.79. The van der Waals surface area contributed by atoms with Gasteiger partial charge in [0.2, 0.25) is 5.91 Å². The molecule has 2 aromatic rings. The summed E-state index contributed by atoms with van der Waals surface area (Å²) >= 11 is 1.92. The molecule has 0 aliphatic carbocycles. The van der Waals surface area contributed by atoms with Crippen molar-refractivity contribution in [2.24, 2.45) is 0 Å². The van der Waals surface area contributed by atoms with Crippen molar-refractivity contribution in [3.05, 3.63) is 47.5 Å². The van der Waals surface area contributed by atoms with Gasteiger partial charge in [-0.25, -0.2) is 4.79 Å². The number of hydrogen-bond donors (Lipinski definition) is 5. The molecule has 38 heavy (non-hydrogen) atoms. The molecule has 0 saturated carbocycles. The number of amides is 3. The van der Waals surface area contributed by atoms with Crippen molar-refractivity contribution in [3.63, 3.8) is 0 Å². The monoisotopic (exact) mass is 539 g/mol. The zero-order chi connectivity index (χ0) is 26.5. The van der Waals surface area contributed by atoms with Gasteiger partial charge in [-0.05, 0) is 37.8 Å². The van der Waals surface area contributed by atoms with Crippen LogP contribution in [0.25, 0.3) is 0 Å². The van der Waals surface area contributed by atoms with E-state index in [-0.39, 0.29) is 41.4 Å². The highest BCUT2D eigenvalue weighted by Crippen LogP contribution is 2.48. The maximum absolute atomic E-state index is 12.2. The van der Waals surface area contributed by atoms with Crippen molar-refractivity contribution >= 4 is 23.7 Å². The van der Waals surface area contributed by atoms with Crippen molar-refractivity contribution in [1.82, 2.24) is 16.0 Å². The Bertz CT molecular complexity index is 1110. The molecule has 0 bridgehead atoms. The number of fused-ring (bicyclic) bond motifs is 3. The van der Waals surface area contributed by atoms with E-state index in [1.807, 2.05) is 23.9 Å². The lowest BCUT2D eigenvalue weighted by Gasteiger charge is -2.28. The predicted molar refractivity (Wildman–Crippen MR) is 148 cm³/mol. The van der Waals surface area contributed by atoms with Gasteiger partial charge in [0.05, 0.1) is 12.1 Å². The lowest BCUT2D eigenvalue weighted by atomic mass is 9.84. The number of benzene rings is 2. The molecule has 9 heteroatoms. The number of hydrogen-bond acceptors (Lipinski definition) is 6. The highest BCUT2D eigenvalue weighted by atomic mass is 32.2. The molecule has 2 fully saturated rings. The van der Waals surface area contributed by atoms with E-state index in [1.165, 1.54) is 0 Å². The summed E-state index contributed by atoms with van der Waals surface area (Å²) in [5.41, 5.74) is 2.12. The Hall–Kier alpha value is -3.07. The predicted octanol–water partition coefficient (Wildman–Crippen LogP) is 5.13. The van der Waals surface area contributed by atoms with Gasteiger partial charge < -0.3 is 30.9 Å². The zero-order valence-electron chi connectivity index (χ0n) is 21.6. The molecule has 3 heterocycles. The summed E-state index contributed by atoms with van der Waals surface area (Å²) < 4.78 is 5.95. The first-order valence-corrected chi connectivity index (χ1v) is 14.8. The Morgan fingerprint density at radius 3 is 2.34 bits per heavy atom. The molecule has 0 aromatic heterocycles. The molecule has 204 valence electrons.